The molecule has 0 aliphatic carbocycles. The van der Waals surface area contributed by atoms with Gasteiger partial charge >= 0.3 is 0 Å². The lowest BCUT2D eigenvalue weighted by Crippen LogP contribution is -2.45. The van der Waals surface area contributed by atoms with Crippen LogP contribution in [0.5, 0.6) is 5.75 Å². The normalized spacial score (nSPS) is 28.2. The molecule has 0 bridgehead atoms. The number of fused-ring (bicyclic) bond motifs is 2. The smallest absolute Gasteiger partial charge is 0.264 e. The number of amides is 3. The topological polar surface area (TPSA) is 99.6 Å². The summed E-state index contributed by atoms with van der Waals surface area (Å²) in [7, 11) is -1.89. The van der Waals surface area contributed by atoms with Crippen molar-refractivity contribution in [3.63, 3.8) is 0 Å². The van der Waals surface area contributed by atoms with E-state index in [1.165, 1.54) is 0 Å². The predicted molar refractivity (Wildman–Crippen MR) is 181 cm³/mol. The minimum absolute atomic E-state index is 0.0448. The van der Waals surface area contributed by atoms with Crippen molar-refractivity contribution in [1.29, 1.82) is 0 Å². The van der Waals surface area contributed by atoms with Crippen molar-refractivity contribution in [2.75, 3.05) is 36.6 Å². The van der Waals surface area contributed by atoms with Gasteiger partial charge in [-0.15, -0.1) is 0 Å². The highest BCUT2D eigenvalue weighted by molar-refractivity contribution is 6.72. The Morgan fingerprint density at radius 2 is 1.81 bits per heavy atom. The molecule has 9 nitrogen and oxygen atoms in total. The molecule has 3 saturated heterocycles. The van der Waals surface area contributed by atoms with Gasteiger partial charge in [-0.3, -0.25) is 14.4 Å². The molecule has 0 saturated carbocycles. The molecule has 6 rings (SSSR count). The average Bonchev–Trinajstić information content (AvgIpc) is 3.70. The molecule has 0 unspecified atom stereocenters. The summed E-state index contributed by atoms with van der Waals surface area (Å²) < 4.78 is 28.6. The fourth-order valence-electron chi connectivity index (χ4n) is 8.55. The molecule has 4 heterocycles. The van der Waals surface area contributed by atoms with Gasteiger partial charge in [0.2, 0.25) is 20.2 Å². The van der Waals surface area contributed by atoms with Gasteiger partial charge in [0.05, 0.1) is 44.5 Å². The second-order valence-electron chi connectivity index (χ2n) is 14.2. The van der Waals surface area contributed by atoms with E-state index in [2.05, 4.69) is 0 Å². The molecule has 4 aliphatic rings. The number of hydrogen-bond donors (Lipinski definition) is 1. The summed E-state index contributed by atoms with van der Waals surface area (Å²) in [6.45, 7) is 6.55. The third-order valence-electron chi connectivity index (χ3n) is 10.9. The van der Waals surface area contributed by atoms with E-state index < -0.39 is 31.6 Å². The monoisotopic (exact) mass is 665 g/mol. The molecule has 5 atom stereocenters. The molecule has 1 spiro atoms. The number of anilines is 2. The molecule has 0 aromatic heterocycles. The Hall–Kier alpha value is -3.28. The van der Waals surface area contributed by atoms with E-state index >= 15 is 4.11 Å². The lowest BCUT2D eigenvalue weighted by Gasteiger charge is -2.31. The number of aliphatic hydroxyl groups excluding tert-OH is 1. The summed E-state index contributed by atoms with van der Waals surface area (Å²) >= 11 is 0. The quantitative estimate of drug-likeness (QED) is 0.288. The van der Waals surface area contributed by atoms with Crippen molar-refractivity contribution in [3.8, 4) is 5.75 Å². The molecule has 254 valence electrons. The number of hydrogen-bond acceptors (Lipinski definition) is 6. The third-order valence-corrected chi connectivity index (χ3v) is 13.3. The van der Waals surface area contributed by atoms with Crippen LogP contribution in [0.2, 0.25) is 18.6 Å². The Morgan fingerprint density at radius 3 is 2.51 bits per heavy atom. The summed E-state index contributed by atoms with van der Waals surface area (Å²) in [6.07, 6.45) is 5.35. The van der Waals surface area contributed by atoms with Crippen LogP contribution in [0, 0.1) is 5.92 Å². The van der Waals surface area contributed by atoms with Crippen LogP contribution >= 0.6 is 0 Å². The number of ether oxygens (including phenoxy) is 2. The number of methoxy groups -OCH3 is 1. The zero-order chi connectivity index (χ0) is 33.5. The van der Waals surface area contributed by atoms with E-state index in [-0.39, 0.29) is 43.3 Å². The number of nitrogens with zero attached hydrogens (tertiary/aromatic N) is 3. The Kier molecular flexibility index (Phi) is 9.52. The molecule has 47 heavy (non-hydrogen) atoms. The first-order valence-electron chi connectivity index (χ1n) is 17.2. The highest BCUT2D eigenvalue weighted by Gasteiger charge is 2.67. The SMILES string of the molecule is COc1ccc2c(c1)[C@@]1(O[C@H](CC(=O)N3CCC[C@H]3CO)[C@@H]([Si](C)(C)F)[C@@H]1C)C(=O)N2Cc1ccc(N2CCCCCCC2=O)cc1. The lowest BCUT2D eigenvalue weighted by molar-refractivity contribution is -0.150. The van der Waals surface area contributed by atoms with Crippen LogP contribution in [0.3, 0.4) is 0 Å². The molecule has 3 fully saturated rings. The van der Waals surface area contributed by atoms with Crippen LogP contribution < -0.4 is 14.5 Å². The highest BCUT2D eigenvalue weighted by Crippen LogP contribution is 2.60. The lowest BCUT2D eigenvalue weighted by atomic mass is 9.82. The molecular formula is C36H48FN3O6Si. The molecule has 4 aliphatic heterocycles. The number of aliphatic hydroxyl groups is 1. The van der Waals surface area contributed by atoms with Crippen LogP contribution in [-0.2, 0) is 31.3 Å². The van der Waals surface area contributed by atoms with Gasteiger partial charge in [0.15, 0.2) is 5.60 Å². The number of likely N-dealkylation sites (tertiary alicyclic amines) is 1. The molecule has 1 N–H and O–H groups in total. The number of carbonyl (C=O) groups is 3. The Balaban J connectivity index is 1.31. The number of halogens is 1. The van der Waals surface area contributed by atoms with Crippen molar-refractivity contribution in [1.82, 2.24) is 4.90 Å². The van der Waals surface area contributed by atoms with Gasteiger partial charge in [0.1, 0.15) is 5.75 Å². The van der Waals surface area contributed by atoms with Gasteiger partial charge in [0.25, 0.3) is 5.91 Å². The van der Waals surface area contributed by atoms with E-state index in [1.54, 1.807) is 30.0 Å². The zero-order valence-corrected chi connectivity index (χ0v) is 29.0. The standard InChI is InChI=1S/C36H48FN3O6Si/c1-24-34(47(3,4)37)31(21-33(43)39-19-9-10-27(39)23-41)46-36(24)29-20-28(45-2)16-17-30(29)40(35(36)44)22-25-12-14-26(15-13-25)38-18-8-6-5-7-11-32(38)42/h12-17,20,24,27,31,34,41H,5-11,18-19,21-23H2,1-4H3/t24-,27-,31+,34-,36+/m0/s1. The van der Waals surface area contributed by atoms with Crippen molar-refractivity contribution >= 4 is 37.5 Å². The first kappa shape index (κ1) is 33.6. The predicted octanol–water partition coefficient (Wildman–Crippen LogP) is 5.69. The van der Waals surface area contributed by atoms with Gasteiger partial charge in [0, 0.05) is 42.2 Å². The van der Waals surface area contributed by atoms with E-state index in [0.717, 1.165) is 49.8 Å². The van der Waals surface area contributed by atoms with E-state index in [4.69, 9.17) is 9.47 Å². The fourth-order valence-corrected chi connectivity index (χ4v) is 11.0. The molecule has 2 aromatic carbocycles. The minimum atomic E-state index is -3.46. The summed E-state index contributed by atoms with van der Waals surface area (Å²) in [6, 6.07) is 13.0. The van der Waals surface area contributed by atoms with Crippen molar-refractivity contribution in [2.24, 2.45) is 5.92 Å². The van der Waals surface area contributed by atoms with Gasteiger partial charge in [-0.25, -0.2) is 0 Å². The maximum Gasteiger partial charge on any atom is 0.264 e. The third kappa shape index (κ3) is 6.10. The van der Waals surface area contributed by atoms with Crippen LogP contribution in [0.25, 0.3) is 0 Å². The number of carbonyl (C=O) groups excluding carboxylic acids is 3. The van der Waals surface area contributed by atoms with Crippen LogP contribution in [0.15, 0.2) is 42.5 Å². The van der Waals surface area contributed by atoms with Gasteiger partial charge < -0.3 is 33.4 Å². The summed E-state index contributed by atoms with van der Waals surface area (Å²) in [5, 5.41) is 9.84. The average molecular weight is 666 g/mol. The first-order valence-corrected chi connectivity index (χ1v) is 20.1. The second-order valence-corrected chi connectivity index (χ2v) is 18.0. The van der Waals surface area contributed by atoms with Gasteiger partial charge in [-0.2, -0.15) is 0 Å². The van der Waals surface area contributed by atoms with Gasteiger partial charge in [-0.1, -0.05) is 31.9 Å². The maximum atomic E-state index is 16.3. The Labute approximate surface area is 278 Å². The highest BCUT2D eigenvalue weighted by atomic mass is 28.4. The van der Waals surface area contributed by atoms with E-state index in [1.807, 2.05) is 54.3 Å². The van der Waals surface area contributed by atoms with E-state index in [0.29, 0.717) is 36.5 Å². The van der Waals surface area contributed by atoms with E-state index in [9.17, 15) is 19.5 Å². The number of rotatable bonds is 8. The molecule has 11 heteroatoms. The fraction of sp³-hybridized carbons (Fsp3) is 0.583. The first-order chi connectivity index (χ1) is 22.5. The molecule has 0 radical (unpaired) electrons. The second kappa shape index (κ2) is 13.3. The van der Waals surface area contributed by atoms with Crippen LogP contribution in [-0.4, -0.2) is 75.1 Å². The summed E-state index contributed by atoms with van der Waals surface area (Å²) in [4.78, 5) is 46.4. The zero-order valence-electron chi connectivity index (χ0n) is 28.0. The molecular weight excluding hydrogens is 617 g/mol. The molecule has 3 amide bonds. The van der Waals surface area contributed by atoms with Crippen molar-refractivity contribution in [3.05, 3.63) is 53.6 Å². The number of benzene rings is 2. The van der Waals surface area contributed by atoms with Crippen LogP contribution in [0.4, 0.5) is 15.5 Å². The van der Waals surface area contributed by atoms with Crippen molar-refractivity contribution in [2.45, 2.75) is 101 Å². The molecule has 2 aromatic rings. The van der Waals surface area contributed by atoms with Gasteiger partial charge in [-0.05, 0) is 74.7 Å². The Morgan fingerprint density at radius 1 is 1.06 bits per heavy atom. The maximum absolute atomic E-state index is 16.3. The largest absolute Gasteiger partial charge is 0.497 e. The summed E-state index contributed by atoms with van der Waals surface area (Å²) in [5.41, 5.74) is 0.959. The van der Waals surface area contributed by atoms with Crippen LogP contribution in [0.1, 0.15) is 69.4 Å². The summed E-state index contributed by atoms with van der Waals surface area (Å²) in [5.74, 6) is -0.285. The Bertz CT molecular complexity index is 1500. The van der Waals surface area contributed by atoms with Crippen molar-refractivity contribution < 1.29 is 33.1 Å². The minimum Gasteiger partial charge on any atom is -0.497 e.